The average molecular weight is 410 g/mol. The van der Waals surface area contributed by atoms with Crippen LogP contribution in [0.5, 0.6) is 5.75 Å². The highest BCUT2D eigenvalue weighted by molar-refractivity contribution is 7.88. The zero-order chi connectivity index (χ0) is 19.6. The second kappa shape index (κ2) is 7.95. The number of hydrogen-bond donors (Lipinski definition) is 0. The molecular formula is C18H23N3O4S2. The average Bonchev–Trinajstić information content (AvgIpc) is 3.03. The molecule has 0 radical (unpaired) electrons. The standard InChI is InChI=1S/C18H23N3O4S2/c1-4-25-15-7-5-14(6-8-15)17-19-13(2)16(26-17)18(22)20-9-11-21(12-10-20)27(3,23)24/h5-8H,4,9-12H2,1-3H3. The van der Waals surface area contributed by atoms with Crippen molar-refractivity contribution in [3.05, 3.63) is 34.8 Å². The van der Waals surface area contributed by atoms with Crippen molar-refractivity contribution >= 4 is 27.3 Å². The second-order valence-electron chi connectivity index (χ2n) is 6.35. The summed E-state index contributed by atoms with van der Waals surface area (Å²) in [6.45, 7) is 5.81. The topological polar surface area (TPSA) is 79.8 Å². The number of nitrogens with zero attached hydrogens (tertiary/aromatic N) is 3. The molecule has 0 unspecified atom stereocenters. The molecule has 27 heavy (non-hydrogen) atoms. The Morgan fingerprint density at radius 2 is 1.81 bits per heavy atom. The van der Waals surface area contributed by atoms with E-state index in [-0.39, 0.29) is 5.91 Å². The number of carbonyl (C=O) groups excluding carboxylic acids is 1. The molecular weight excluding hydrogens is 386 g/mol. The lowest BCUT2D eigenvalue weighted by molar-refractivity contribution is 0.0702. The third-order valence-electron chi connectivity index (χ3n) is 4.40. The molecule has 2 heterocycles. The predicted molar refractivity (Wildman–Crippen MR) is 106 cm³/mol. The maximum atomic E-state index is 12.9. The molecule has 2 aromatic rings. The van der Waals surface area contributed by atoms with Crippen molar-refractivity contribution in [2.24, 2.45) is 0 Å². The van der Waals surface area contributed by atoms with Crippen molar-refractivity contribution in [1.82, 2.24) is 14.2 Å². The highest BCUT2D eigenvalue weighted by Gasteiger charge is 2.28. The Labute approximate surface area is 163 Å². The van der Waals surface area contributed by atoms with Gasteiger partial charge in [-0.2, -0.15) is 4.31 Å². The van der Waals surface area contributed by atoms with E-state index in [0.717, 1.165) is 16.3 Å². The maximum Gasteiger partial charge on any atom is 0.265 e. The summed E-state index contributed by atoms with van der Waals surface area (Å²) in [5.74, 6) is 0.713. The first-order valence-corrected chi connectivity index (χ1v) is 11.4. The molecule has 9 heteroatoms. The summed E-state index contributed by atoms with van der Waals surface area (Å²) in [5, 5.41) is 0.786. The van der Waals surface area contributed by atoms with Crippen LogP contribution in [0, 0.1) is 6.92 Å². The van der Waals surface area contributed by atoms with Gasteiger partial charge in [0, 0.05) is 31.7 Å². The van der Waals surface area contributed by atoms with E-state index < -0.39 is 10.0 Å². The van der Waals surface area contributed by atoms with Crippen LogP contribution in [0.4, 0.5) is 0 Å². The lowest BCUT2D eigenvalue weighted by Gasteiger charge is -2.33. The molecule has 0 atom stereocenters. The fraction of sp³-hybridized carbons (Fsp3) is 0.444. The van der Waals surface area contributed by atoms with E-state index in [4.69, 9.17) is 4.74 Å². The number of thiazole rings is 1. The lowest BCUT2D eigenvalue weighted by atomic mass is 10.2. The molecule has 1 aromatic heterocycles. The Bertz CT molecular complexity index is 915. The van der Waals surface area contributed by atoms with Crippen LogP contribution in [0.2, 0.25) is 0 Å². The zero-order valence-corrected chi connectivity index (χ0v) is 17.3. The molecule has 1 aliphatic heterocycles. The lowest BCUT2D eigenvalue weighted by Crippen LogP contribution is -2.50. The molecule has 0 spiro atoms. The molecule has 1 saturated heterocycles. The Balaban J connectivity index is 1.73. The van der Waals surface area contributed by atoms with Crippen LogP contribution < -0.4 is 4.74 Å². The van der Waals surface area contributed by atoms with Gasteiger partial charge >= 0.3 is 0 Å². The smallest absolute Gasteiger partial charge is 0.265 e. The van der Waals surface area contributed by atoms with Crippen molar-refractivity contribution < 1.29 is 17.9 Å². The fourth-order valence-corrected chi connectivity index (χ4v) is 4.81. The molecule has 0 N–H and O–H groups in total. The second-order valence-corrected chi connectivity index (χ2v) is 9.33. The van der Waals surface area contributed by atoms with Crippen LogP contribution in [-0.4, -0.2) is 67.6 Å². The number of sulfonamides is 1. The summed E-state index contributed by atoms with van der Waals surface area (Å²) < 4.78 is 30.1. The summed E-state index contributed by atoms with van der Waals surface area (Å²) in [6.07, 6.45) is 1.20. The van der Waals surface area contributed by atoms with Crippen LogP contribution >= 0.6 is 11.3 Å². The molecule has 3 rings (SSSR count). The minimum Gasteiger partial charge on any atom is -0.494 e. The molecule has 0 aliphatic carbocycles. The maximum absolute atomic E-state index is 12.9. The summed E-state index contributed by atoms with van der Waals surface area (Å²) in [7, 11) is -3.21. The van der Waals surface area contributed by atoms with E-state index in [1.807, 2.05) is 38.1 Å². The number of amides is 1. The molecule has 1 amide bonds. The van der Waals surface area contributed by atoms with E-state index in [1.54, 1.807) is 4.90 Å². The Hall–Kier alpha value is -1.97. The van der Waals surface area contributed by atoms with E-state index in [1.165, 1.54) is 21.9 Å². The fourth-order valence-electron chi connectivity index (χ4n) is 2.95. The number of rotatable bonds is 5. The summed E-state index contributed by atoms with van der Waals surface area (Å²) in [6, 6.07) is 7.65. The molecule has 1 aromatic carbocycles. The normalized spacial score (nSPS) is 15.7. The van der Waals surface area contributed by atoms with Gasteiger partial charge in [-0.1, -0.05) is 0 Å². The van der Waals surface area contributed by atoms with Gasteiger partial charge in [-0.3, -0.25) is 4.79 Å². The van der Waals surface area contributed by atoms with Gasteiger partial charge in [0.15, 0.2) is 0 Å². The number of aryl methyl sites for hydroxylation is 1. The first kappa shape index (κ1) is 19.8. The highest BCUT2D eigenvalue weighted by Crippen LogP contribution is 2.30. The molecule has 0 saturated carbocycles. The van der Waals surface area contributed by atoms with Gasteiger partial charge in [0.05, 0.1) is 18.6 Å². The molecule has 7 nitrogen and oxygen atoms in total. The molecule has 0 bridgehead atoms. The first-order chi connectivity index (χ1) is 12.8. The quantitative estimate of drug-likeness (QED) is 0.757. The van der Waals surface area contributed by atoms with Gasteiger partial charge in [-0.25, -0.2) is 13.4 Å². The Kier molecular flexibility index (Phi) is 5.83. The van der Waals surface area contributed by atoms with E-state index in [2.05, 4.69) is 4.98 Å². The molecule has 1 aliphatic rings. The monoisotopic (exact) mass is 409 g/mol. The van der Waals surface area contributed by atoms with E-state index in [0.29, 0.717) is 43.4 Å². The minimum atomic E-state index is -3.21. The largest absolute Gasteiger partial charge is 0.494 e. The highest BCUT2D eigenvalue weighted by atomic mass is 32.2. The van der Waals surface area contributed by atoms with Crippen LogP contribution in [0.25, 0.3) is 10.6 Å². The van der Waals surface area contributed by atoms with Crippen LogP contribution in [-0.2, 0) is 10.0 Å². The Morgan fingerprint density at radius 1 is 1.19 bits per heavy atom. The molecule has 146 valence electrons. The summed E-state index contributed by atoms with van der Waals surface area (Å²) in [5.41, 5.74) is 1.63. The van der Waals surface area contributed by atoms with Gasteiger partial charge in [0.25, 0.3) is 5.91 Å². The third kappa shape index (κ3) is 4.48. The van der Waals surface area contributed by atoms with E-state index >= 15 is 0 Å². The van der Waals surface area contributed by atoms with Crippen LogP contribution in [0.15, 0.2) is 24.3 Å². The number of carbonyl (C=O) groups is 1. The van der Waals surface area contributed by atoms with Gasteiger partial charge in [-0.15, -0.1) is 11.3 Å². The van der Waals surface area contributed by atoms with E-state index in [9.17, 15) is 13.2 Å². The summed E-state index contributed by atoms with van der Waals surface area (Å²) >= 11 is 1.36. The first-order valence-electron chi connectivity index (χ1n) is 8.74. The number of aromatic nitrogens is 1. The van der Waals surface area contributed by atoms with Gasteiger partial charge in [0.1, 0.15) is 15.6 Å². The SMILES string of the molecule is CCOc1ccc(-c2nc(C)c(C(=O)N3CCN(S(C)(=O)=O)CC3)s2)cc1. The summed E-state index contributed by atoms with van der Waals surface area (Å²) in [4.78, 5) is 19.7. The number of hydrogen-bond acceptors (Lipinski definition) is 6. The van der Waals surface area contributed by atoms with Gasteiger partial charge in [-0.05, 0) is 38.1 Å². The van der Waals surface area contributed by atoms with Crippen LogP contribution in [0.1, 0.15) is 22.3 Å². The predicted octanol–water partition coefficient (Wildman–Crippen LogP) is 2.23. The number of piperazine rings is 1. The van der Waals surface area contributed by atoms with Crippen molar-refractivity contribution in [1.29, 1.82) is 0 Å². The van der Waals surface area contributed by atoms with Gasteiger partial charge in [0.2, 0.25) is 10.0 Å². The van der Waals surface area contributed by atoms with Gasteiger partial charge < -0.3 is 9.64 Å². The van der Waals surface area contributed by atoms with Crippen molar-refractivity contribution in [2.45, 2.75) is 13.8 Å². The minimum absolute atomic E-state index is 0.0877. The zero-order valence-electron chi connectivity index (χ0n) is 15.6. The Morgan fingerprint density at radius 3 is 2.37 bits per heavy atom. The van der Waals surface area contributed by atoms with Crippen molar-refractivity contribution in [3.8, 4) is 16.3 Å². The number of benzene rings is 1. The van der Waals surface area contributed by atoms with Crippen molar-refractivity contribution in [3.63, 3.8) is 0 Å². The van der Waals surface area contributed by atoms with Crippen molar-refractivity contribution in [2.75, 3.05) is 39.0 Å². The van der Waals surface area contributed by atoms with Crippen LogP contribution in [0.3, 0.4) is 0 Å². The number of ether oxygens (including phenoxy) is 1. The molecule has 1 fully saturated rings. The third-order valence-corrected chi connectivity index (χ3v) is 6.90.